The van der Waals surface area contributed by atoms with E-state index in [4.69, 9.17) is 16.4 Å². The van der Waals surface area contributed by atoms with Crippen molar-refractivity contribution in [3.8, 4) is 0 Å². The molecule has 2 heterocycles. The van der Waals surface area contributed by atoms with Crippen molar-refractivity contribution >= 4 is 23.2 Å². The van der Waals surface area contributed by atoms with Crippen molar-refractivity contribution in [2.45, 2.75) is 19.1 Å². The van der Waals surface area contributed by atoms with Crippen molar-refractivity contribution in [3.63, 3.8) is 0 Å². The number of carbonyl (C=O) groups excluding carboxylic acids is 1. The Bertz CT molecular complexity index is 1070. The number of aromatic nitrogens is 1. The van der Waals surface area contributed by atoms with Crippen molar-refractivity contribution in [3.05, 3.63) is 101 Å². The molecule has 0 saturated heterocycles. The average molecular weight is 424 g/mol. The summed E-state index contributed by atoms with van der Waals surface area (Å²) < 4.78 is 14.3. The molecule has 0 saturated carbocycles. The van der Waals surface area contributed by atoms with Gasteiger partial charge < -0.3 is 9.74 Å². The molecule has 1 aliphatic heterocycles. The molecular formula is C23H19ClFN3O2. The summed E-state index contributed by atoms with van der Waals surface area (Å²) in [6.45, 7) is 0.473. The third-order valence-electron chi connectivity index (χ3n) is 4.86. The lowest BCUT2D eigenvalue weighted by molar-refractivity contribution is 0.0402. The lowest BCUT2D eigenvalue weighted by Crippen LogP contribution is -2.37. The first-order valence-electron chi connectivity index (χ1n) is 9.52. The second-order valence-electron chi connectivity index (χ2n) is 6.97. The normalized spacial score (nSPS) is 15.4. The van der Waals surface area contributed by atoms with Crippen LogP contribution in [0.2, 0.25) is 5.02 Å². The first kappa shape index (κ1) is 20.0. The van der Waals surface area contributed by atoms with Crippen LogP contribution in [0.4, 0.5) is 4.39 Å². The monoisotopic (exact) mass is 423 g/mol. The molecule has 1 atom stereocenters. The van der Waals surface area contributed by atoms with Gasteiger partial charge in [0.1, 0.15) is 5.82 Å². The van der Waals surface area contributed by atoms with E-state index in [2.05, 4.69) is 10.1 Å². The van der Waals surface area contributed by atoms with Crippen LogP contribution in [0.15, 0.2) is 78.2 Å². The topological polar surface area (TPSA) is 54.8 Å². The zero-order valence-electron chi connectivity index (χ0n) is 16.0. The van der Waals surface area contributed by atoms with Gasteiger partial charge >= 0.3 is 0 Å². The van der Waals surface area contributed by atoms with E-state index in [-0.39, 0.29) is 24.8 Å². The fraction of sp³-hybridized carbons (Fsp3) is 0.174. The third kappa shape index (κ3) is 4.49. The highest BCUT2D eigenvalue weighted by molar-refractivity contribution is 6.31. The average Bonchev–Trinajstić information content (AvgIpc) is 3.24. The summed E-state index contributed by atoms with van der Waals surface area (Å²) in [4.78, 5) is 24.4. The molecule has 0 aliphatic carbocycles. The van der Waals surface area contributed by atoms with E-state index in [9.17, 15) is 9.18 Å². The second kappa shape index (κ2) is 9.05. The van der Waals surface area contributed by atoms with Gasteiger partial charge in [-0.3, -0.25) is 9.78 Å². The molecule has 2 aromatic carbocycles. The third-order valence-corrected chi connectivity index (χ3v) is 5.23. The van der Waals surface area contributed by atoms with Gasteiger partial charge in [-0.15, -0.1) is 0 Å². The molecule has 152 valence electrons. The van der Waals surface area contributed by atoms with Crippen LogP contribution < -0.4 is 0 Å². The number of nitrogens with zero attached hydrogens (tertiary/aromatic N) is 3. The van der Waals surface area contributed by atoms with Crippen molar-refractivity contribution in [2.24, 2.45) is 5.16 Å². The highest BCUT2D eigenvalue weighted by Gasteiger charge is 2.28. The summed E-state index contributed by atoms with van der Waals surface area (Å²) in [6.07, 6.45) is 3.58. The molecular weight excluding hydrogens is 405 g/mol. The van der Waals surface area contributed by atoms with Gasteiger partial charge in [0.05, 0.1) is 17.8 Å². The summed E-state index contributed by atoms with van der Waals surface area (Å²) in [5.74, 6) is -0.988. The molecule has 1 unspecified atom stereocenters. The number of carbonyl (C=O) groups is 1. The molecule has 1 aliphatic rings. The van der Waals surface area contributed by atoms with Crippen LogP contribution in [-0.2, 0) is 11.4 Å². The van der Waals surface area contributed by atoms with Crippen molar-refractivity contribution in [1.29, 1.82) is 0 Å². The zero-order chi connectivity index (χ0) is 20.9. The van der Waals surface area contributed by atoms with Gasteiger partial charge in [-0.05, 0) is 35.9 Å². The van der Waals surface area contributed by atoms with Gasteiger partial charge in [-0.1, -0.05) is 47.1 Å². The van der Waals surface area contributed by atoms with E-state index < -0.39 is 11.7 Å². The van der Waals surface area contributed by atoms with E-state index in [1.54, 1.807) is 35.5 Å². The molecule has 0 N–H and O–H groups in total. The molecule has 30 heavy (non-hydrogen) atoms. The molecule has 4 rings (SSSR count). The van der Waals surface area contributed by atoms with Gasteiger partial charge in [0.2, 0.25) is 0 Å². The second-order valence-corrected chi connectivity index (χ2v) is 7.38. The lowest BCUT2D eigenvalue weighted by Gasteiger charge is -2.25. The number of rotatable bonds is 6. The summed E-state index contributed by atoms with van der Waals surface area (Å²) in [5.41, 5.74) is 2.42. The summed E-state index contributed by atoms with van der Waals surface area (Å²) in [7, 11) is 0. The van der Waals surface area contributed by atoms with E-state index in [0.717, 1.165) is 16.8 Å². The van der Waals surface area contributed by atoms with Crippen molar-refractivity contribution in [2.75, 3.05) is 6.54 Å². The Labute approximate surface area is 178 Å². The van der Waals surface area contributed by atoms with Gasteiger partial charge in [-0.2, -0.15) is 0 Å². The number of pyridine rings is 1. The van der Waals surface area contributed by atoms with Crippen LogP contribution in [0.5, 0.6) is 0 Å². The van der Waals surface area contributed by atoms with E-state index in [1.807, 2.05) is 30.3 Å². The minimum absolute atomic E-state index is 0.0101. The largest absolute Gasteiger partial charge is 0.390 e. The Morgan fingerprint density at radius 3 is 2.70 bits per heavy atom. The lowest BCUT2D eigenvalue weighted by atomic mass is 10.1. The maximum absolute atomic E-state index is 14.3. The Morgan fingerprint density at radius 1 is 1.13 bits per heavy atom. The minimum atomic E-state index is -0.564. The minimum Gasteiger partial charge on any atom is -0.390 e. The number of hydrogen-bond donors (Lipinski definition) is 0. The summed E-state index contributed by atoms with van der Waals surface area (Å²) in [6, 6.07) is 17.0. The Kier molecular flexibility index (Phi) is 6.05. The zero-order valence-corrected chi connectivity index (χ0v) is 16.8. The molecule has 0 spiro atoms. The maximum atomic E-state index is 14.3. The Hall–Kier alpha value is -3.25. The number of hydrogen-bond acceptors (Lipinski definition) is 4. The summed E-state index contributed by atoms with van der Waals surface area (Å²) >= 11 is 6.30. The predicted octanol–water partition coefficient (Wildman–Crippen LogP) is 4.71. The Balaban J connectivity index is 1.54. The number of oxime groups is 1. The smallest absolute Gasteiger partial charge is 0.257 e. The molecule has 1 amide bonds. The van der Waals surface area contributed by atoms with Crippen LogP contribution >= 0.6 is 11.6 Å². The van der Waals surface area contributed by atoms with E-state index in [0.29, 0.717) is 11.4 Å². The van der Waals surface area contributed by atoms with Gasteiger partial charge in [-0.25, -0.2) is 4.39 Å². The standard InChI is InChI=1S/C23H19ClFN3O2/c24-20-9-3-1-6-17(20)14-28(23(29)19-8-2-4-10-21(19)25)15-18-12-22(27-30-18)16-7-5-11-26-13-16/h1-11,13,18H,12,14-15H2. The van der Waals surface area contributed by atoms with Gasteiger partial charge in [0.25, 0.3) is 5.91 Å². The molecule has 0 bridgehead atoms. The molecule has 0 radical (unpaired) electrons. The molecule has 5 nitrogen and oxygen atoms in total. The van der Waals surface area contributed by atoms with E-state index >= 15 is 0 Å². The van der Waals surface area contributed by atoms with Crippen LogP contribution in [0.3, 0.4) is 0 Å². The van der Waals surface area contributed by atoms with Crippen molar-refractivity contribution in [1.82, 2.24) is 9.88 Å². The Morgan fingerprint density at radius 2 is 1.93 bits per heavy atom. The molecule has 3 aromatic rings. The van der Waals surface area contributed by atoms with Gasteiger partial charge in [0.15, 0.2) is 6.10 Å². The molecule has 7 heteroatoms. The SMILES string of the molecule is O=C(c1ccccc1F)N(Cc1ccccc1Cl)CC1CC(c2cccnc2)=NO1. The first-order chi connectivity index (χ1) is 14.6. The first-order valence-corrected chi connectivity index (χ1v) is 9.90. The van der Waals surface area contributed by atoms with Crippen molar-refractivity contribution < 1.29 is 14.0 Å². The predicted molar refractivity (Wildman–Crippen MR) is 113 cm³/mol. The molecule has 1 aromatic heterocycles. The van der Waals surface area contributed by atoms with Gasteiger partial charge in [0, 0.05) is 35.9 Å². The highest BCUT2D eigenvalue weighted by atomic mass is 35.5. The fourth-order valence-electron chi connectivity index (χ4n) is 3.33. The fourth-order valence-corrected chi connectivity index (χ4v) is 3.53. The van der Waals surface area contributed by atoms with Crippen LogP contribution in [0.1, 0.15) is 27.9 Å². The quantitative estimate of drug-likeness (QED) is 0.577. The highest BCUT2D eigenvalue weighted by Crippen LogP contribution is 2.22. The number of amides is 1. The van der Waals surface area contributed by atoms with Crippen LogP contribution in [0, 0.1) is 5.82 Å². The maximum Gasteiger partial charge on any atom is 0.257 e. The molecule has 0 fully saturated rings. The van der Waals surface area contributed by atoms with E-state index in [1.165, 1.54) is 12.1 Å². The van der Waals surface area contributed by atoms with Crippen LogP contribution in [0.25, 0.3) is 0 Å². The number of halogens is 2. The van der Waals surface area contributed by atoms with Crippen LogP contribution in [-0.4, -0.2) is 34.2 Å². The number of benzene rings is 2. The summed E-state index contributed by atoms with van der Waals surface area (Å²) in [5, 5.41) is 4.70.